The Kier molecular flexibility index (Phi) is 8.21. The van der Waals surface area contributed by atoms with Crippen LogP contribution in [-0.4, -0.2) is 60.9 Å². The molecule has 6 nitrogen and oxygen atoms in total. The lowest BCUT2D eigenvalue weighted by molar-refractivity contribution is -0.207. The van der Waals surface area contributed by atoms with Crippen molar-refractivity contribution in [1.82, 2.24) is 4.90 Å². The summed E-state index contributed by atoms with van der Waals surface area (Å²) in [5, 5.41) is 11.0. The quantitative estimate of drug-likeness (QED) is 0.262. The summed E-state index contributed by atoms with van der Waals surface area (Å²) in [7, 11) is 1.45. The summed E-state index contributed by atoms with van der Waals surface area (Å²) in [5.41, 5.74) is 1.52. The molecule has 6 rings (SSSR count). The molecular weight excluding hydrogens is 550 g/mol. The molecule has 1 aliphatic heterocycles. The van der Waals surface area contributed by atoms with Crippen LogP contribution >= 0.6 is 0 Å². The molecule has 1 N–H and O–H groups in total. The van der Waals surface area contributed by atoms with Crippen molar-refractivity contribution in [3.05, 3.63) is 11.6 Å². The average molecular weight is 612 g/mol. The first-order valence-electron chi connectivity index (χ1n) is 18.0. The maximum Gasteiger partial charge on any atom is 0.323 e. The summed E-state index contributed by atoms with van der Waals surface area (Å²) >= 11 is 0. The van der Waals surface area contributed by atoms with Crippen LogP contribution in [0.3, 0.4) is 0 Å². The summed E-state index contributed by atoms with van der Waals surface area (Å²) in [4.78, 5) is 28.7. The molecule has 11 atom stereocenters. The van der Waals surface area contributed by atoms with Gasteiger partial charge in [0.25, 0.3) is 0 Å². The van der Waals surface area contributed by atoms with E-state index in [9.17, 15) is 14.7 Å². The van der Waals surface area contributed by atoms with Gasteiger partial charge in [0.1, 0.15) is 12.6 Å². The summed E-state index contributed by atoms with van der Waals surface area (Å²) in [6, 6.07) is -0.216. The molecule has 1 saturated heterocycles. The first kappa shape index (κ1) is 32.5. The molecule has 4 saturated carbocycles. The number of hydrogen-bond donors (Lipinski definition) is 1. The Morgan fingerprint density at radius 3 is 2.43 bits per heavy atom. The minimum atomic E-state index is -0.453. The third kappa shape index (κ3) is 4.45. The second kappa shape index (κ2) is 11.1. The van der Waals surface area contributed by atoms with Crippen molar-refractivity contribution < 1.29 is 24.2 Å². The van der Waals surface area contributed by atoms with Crippen LogP contribution in [0.15, 0.2) is 11.6 Å². The minimum absolute atomic E-state index is 0.00368. The maximum absolute atomic E-state index is 14.4. The molecule has 0 amide bonds. The molecule has 0 aromatic carbocycles. The molecule has 6 aliphatic rings. The lowest BCUT2D eigenvalue weighted by Gasteiger charge is -2.71. The number of aliphatic hydroxyl groups is 1. The third-order valence-electron chi connectivity index (χ3n) is 15.8. The molecule has 0 aromatic rings. The fourth-order valence-electron chi connectivity index (χ4n) is 12.7. The topological polar surface area (TPSA) is 76.1 Å². The smallest absolute Gasteiger partial charge is 0.323 e. The number of nitrogens with zero attached hydrogens (tertiary/aromatic N) is 1. The van der Waals surface area contributed by atoms with Gasteiger partial charge in [0, 0.05) is 6.54 Å². The lowest BCUT2D eigenvalue weighted by atomic mass is 9.33. The minimum Gasteiger partial charge on any atom is -0.468 e. The van der Waals surface area contributed by atoms with Crippen molar-refractivity contribution in [3.63, 3.8) is 0 Å². The van der Waals surface area contributed by atoms with Crippen LogP contribution in [0.25, 0.3) is 0 Å². The zero-order chi connectivity index (χ0) is 31.9. The number of likely N-dealkylation sites (tertiary alicyclic amines) is 1. The van der Waals surface area contributed by atoms with Gasteiger partial charge in [-0.3, -0.25) is 14.5 Å². The standard InChI is InChI=1S/C38H61NO5/c1-24-13-18-38(33(42)44-23-22-39-21-9-10-27(39)32(41)43-8)20-19-36(6)26(31(38)25(24)2)11-12-29-35(5)16-15-30(40)34(3,4)28(35)14-17-37(29,36)7/h11,24-25,27-31,40H,9-10,12-23H2,1-8H3/t24-,25+,27+,28+,29-,30+,31+,35+,36-,37-,38+/m1/s1. The zero-order valence-corrected chi connectivity index (χ0v) is 29.0. The lowest BCUT2D eigenvalue weighted by Crippen LogP contribution is -2.65. The highest BCUT2D eigenvalue weighted by atomic mass is 16.5. The van der Waals surface area contributed by atoms with E-state index < -0.39 is 5.41 Å². The molecule has 0 radical (unpaired) electrons. The number of allylic oxidation sites excluding steroid dienone is 2. The van der Waals surface area contributed by atoms with Crippen molar-refractivity contribution >= 4 is 11.9 Å². The fourth-order valence-corrected chi connectivity index (χ4v) is 12.7. The number of aliphatic hydroxyl groups excluding tert-OH is 1. The Balaban J connectivity index is 1.28. The van der Waals surface area contributed by atoms with Crippen molar-refractivity contribution in [2.45, 2.75) is 131 Å². The largest absolute Gasteiger partial charge is 0.468 e. The maximum atomic E-state index is 14.4. The van der Waals surface area contributed by atoms with E-state index in [0.717, 1.165) is 64.3 Å². The van der Waals surface area contributed by atoms with E-state index in [1.165, 1.54) is 20.0 Å². The normalized spacial score (nSPS) is 48.2. The van der Waals surface area contributed by atoms with Gasteiger partial charge in [0.05, 0.1) is 18.6 Å². The van der Waals surface area contributed by atoms with Gasteiger partial charge >= 0.3 is 11.9 Å². The molecule has 1 heterocycles. The Labute approximate surface area is 267 Å². The van der Waals surface area contributed by atoms with Gasteiger partial charge in [-0.05, 0) is 128 Å². The Hall–Kier alpha value is -1.40. The number of carbonyl (C=O) groups is 2. The average Bonchev–Trinajstić information content (AvgIpc) is 3.45. The number of methoxy groups -OCH3 is 1. The first-order chi connectivity index (χ1) is 20.7. The van der Waals surface area contributed by atoms with E-state index in [1.807, 2.05) is 0 Å². The van der Waals surface area contributed by atoms with E-state index in [0.29, 0.717) is 36.8 Å². The van der Waals surface area contributed by atoms with Gasteiger partial charge in [-0.15, -0.1) is 0 Å². The number of hydrogen-bond acceptors (Lipinski definition) is 6. The van der Waals surface area contributed by atoms with Crippen LogP contribution in [0.2, 0.25) is 0 Å². The fraction of sp³-hybridized carbons (Fsp3) is 0.895. The Bertz CT molecular complexity index is 1180. The molecular formula is C38H61NO5. The molecule has 0 unspecified atom stereocenters. The first-order valence-corrected chi connectivity index (χ1v) is 18.0. The highest BCUT2D eigenvalue weighted by Crippen LogP contribution is 2.75. The van der Waals surface area contributed by atoms with Gasteiger partial charge in [-0.25, -0.2) is 0 Å². The number of rotatable bonds is 5. The number of ether oxygens (including phenoxy) is 2. The molecule has 0 bridgehead atoms. The zero-order valence-electron chi connectivity index (χ0n) is 29.0. The van der Waals surface area contributed by atoms with Gasteiger partial charge in [-0.1, -0.05) is 60.1 Å². The summed E-state index contributed by atoms with van der Waals surface area (Å²) in [6.45, 7) is 19.0. The molecule has 0 aromatic heterocycles. The summed E-state index contributed by atoms with van der Waals surface area (Å²) < 4.78 is 11.3. The second-order valence-corrected chi connectivity index (χ2v) is 17.5. The second-order valence-electron chi connectivity index (χ2n) is 17.5. The molecule has 6 heteroatoms. The Morgan fingerprint density at radius 2 is 1.70 bits per heavy atom. The van der Waals surface area contributed by atoms with Crippen LogP contribution in [-0.2, 0) is 19.1 Å². The van der Waals surface area contributed by atoms with Gasteiger partial charge in [0.2, 0.25) is 0 Å². The van der Waals surface area contributed by atoms with E-state index in [1.54, 1.807) is 5.57 Å². The highest BCUT2D eigenvalue weighted by molar-refractivity contribution is 5.79. The molecule has 248 valence electrons. The van der Waals surface area contributed by atoms with Crippen LogP contribution in [0, 0.1) is 56.7 Å². The van der Waals surface area contributed by atoms with Crippen LogP contribution in [0.1, 0.15) is 119 Å². The monoisotopic (exact) mass is 611 g/mol. The van der Waals surface area contributed by atoms with E-state index in [4.69, 9.17) is 9.47 Å². The number of fused-ring (bicyclic) bond motifs is 7. The van der Waals surface area contributed by atoms with Crippen molar-refractivity contribution in [3.8, 4) is 0 Å². The summed E-state index contributed by atoms with van der Waals surface area (Å²) in [5.74, 6) is 2.18. The number of esters is 2. The molecule has 0 spiro atoms. The third-order valence-corrected chi connectivity index (χ3v) is 15.8. The van der Waals surface area contributed by atoms with Gasteiger partial charge in [-0.2, -0.15) is 0 Å². The molecule has 44 heavy (non-hydrogen) atoms. The van der Waals surface area contributed by atoms with Gasteiger partial charge in [0.15, 0.2) is 0 Å². The van der Waals surface area contributed by atoms with Crippen LogP contribution in [0.4, 0.5) is 0 Å². The predicted octanol–water partition coefficient (Wildman–Crippen LogP) is 7.19. The molecule has 5 aliphatic carbocycles. The van der Waals surface area contributed by atoms with E-state index in [-0.39, 0.29) is 51.7 Å². The predicted molar refractivity (Wildman–Crippen MR) is 173 cm³/mol. The van der Waals surface area contributed by atoms with Gasteiger partial charge < -0.3 is 14.6 Å². The number of carbonyl (C=O) groups excluding carboxylic acids is 2. The Morgan fingerprint density at radius 1 is 0.955 bits per heavy atom. The SMILES string of the molecule is COC(=O)[C@@H]1CCCN1CCOC(=O)[C@]12CC[C@@H](C)[C@H](C)[C@H]1C1=CC[C@@H]3[C@@]4(C)CC[C@H](O)C(C)(C)[C@@H]4CC[C@@]3(C)[C@]1(C)CC2. The van der Waals surface area contributed by atoms with Crippen LogP contribution in [0.5, 0.6) is 0 Å². The highest BCUT2D eigenvalue weighted by Gasteiger charge is 2.69. The van der Waals surface area contributed by atoms with Crippen molar-refractivity contribution in [1.29, 1.82) is 0 Å². The van der Waals surface area contributed by atoms with Crippen molar-refractivity contribution in [2.24, 2.45) is 56.7 Å². The summed E-state index contributed by atoms with van der Waals surface area (Å²) in [6.07, 6.45) is 13.6. The van der Waals surface area contributed by atoms with E-state index >= 15 is 0 Å². The van der Waals surface area contributed by atoms with Crippen molar-refractivity contribution in [2.75, 3.05) is 26.8 Å². The molecule has 5 fully saturated rings. The van der Waals surface area contributed by atoms with Crippen LogP contribution < -0.4 is 0 Å². The van der Waals surface area contributed by atoms with E-state index in [2.05, 4.69) is 59.4 Å².